The number of pyridine rings is 1. The number of anilines is 1. The molecule has 1 N–H and O–H groups in total. The lowest BCUT2D eigenvalue weighted by Crippen LogP contribution is -2.54. The van der Waals surface area contributed by atoms with Crippen molar-refractivity contribution in [3.05, 3.63) is 82.4 Å². The number of aryl methyl sites for hydroxylation is 1. The molecule has 1 aliphatic rings. The molecule has 1 aliphatic heterocycles. The number of halogens is 1. The van der Waals surface area contributed by atoms with Crippen molar-refractivity contribution in [2.75, 3.05) is 4.90 Å². The minimum atomic E-state index is -0.533. The van der Waals surface area contributed by atoms with Crippen molar-refractivity contribution < 1.29 is 9.59 Å². The fourth-order valence-electron chi connectivity index (χ4n) is 3.48. The molecule has 2 aromatic heterocycles. The first-order valence-electron chi connectivity index (χ1n) is 9.13. The molecule has 4 rings (SSSR count). The van der Waals surface area contributed by atoms with Crippen LogP contribution in [0.5, 0.6) is 0 Å². The van der Waals surface area contributed by atoms with E-state index in [9.17, 15) is 9.59 Å². The van der Waals surface area contributed by atoms with E-state index in [1.165, 1.54) is 4.90 Å². The number of carbonyl (C=O) groups is 2. The molecule has 0 saturated carbocycles. The second-order valence-corrected chi connectivity index (χ2v) is 7.63. The van der Waals surface area contributed by atoms with Crippen LogP contribution in [0.15, 0.2) is 60.4 Å². The summed E-state index contributed by atoms with van der Waals surface area (Å²) >= 11 is 11.3. The Labute approximate surface area is 183 Å². The van der Waals surface area contributed by atoms with Gasteiger partial charge in [0.25, 0.3) is 11.8 Å². The third-order valence-electron chi connectivity index (χ3n) is 4.84. The van der Waals surface area contributed by atoms with Crippen LogP contribution in [0.4, 0.5) is 5.69 Å². The van der Waals surface area contributed by atoms with Gasteiger partial charge in [-0.2, -0.15) is 0 Å². The van der Waals surface area contributed by atoms with Crippen molar-refractivity contribution in [2.45, 2.75) is 13.8 Å². The first-order chi connectivity index (χ1) is 14.4. The second-order valence-electron chi connectivity index (χ2n) is 6.81. The maximum atomic E-state index is 13.2. The van der Waals surface area contributed by atoms with E-state index in [0.29, 0.717) is 10.7 Å². The van der Waals surface area contributed by atoms with Gasteiger partial charge < -0.3 is 4.57 Å². The monoisotopic (exact) mass is 436 g/mol. The summed E-state index contributed by atoms with van der Waals surface area (Å²) in [5.74, 6) is -1.04. The molecular formula is C22H17ClN4O2S. The number of rotatable bonds is 3. The van der Waals surface area contributed by atoms with Crippen LogP contribution in [0, 0.1) is 13.8 Å². The van der Waals surface area contributed by atoms with Crippen LogP contribution in [-0.2, 0) is 9.59 Å². The van der Waals surface area contributed by atoms with Gasteiger partial charge >= 0.3 is 0 Å². The average Bonchev–Trinajstić information content (AvgIpc) is 2.99. The molecular weight excluding hydrogens is 420 g/mol. The normalized spacial score (nSPS) is 15.6. The Kier molecular flexibility index (Phi) is 5.24. The molecule has 0 atom stereocenters. The molecule has 1 aromatic carbocycles. The Bertz CT molecular complexity index is 1220. The zero-order chi connectivity index (χ0) is 21.4. The Hall–Kier alpha value is -3.29. The van der Waals surface area contributed by atoms with Crippen LogP contribution >= 0.6 is 23.8 Å². The molecule has 6 nitrogen and oxygen atoms in total. The average molecular weight is 437 g/mol. The SMILES string of the molecule is Cc1cc(/C=C2\C(=O)NC(=S)N(c3cccc(Cl)c3)C2=O)c(C)n1-c1cccnc1. The smallest absolute Gasteiger partial charge is 0.270 e. The summed E-state index contributed by atoms with van der Waals surface area (Å²) in [6.07, 6.45) is 5.06. The van der Waals surface area contributed by atoms with Crippen molar-refractivity contribution >= 4 is 52.5 Å². The third kappa shape index (κ3) is 3.53. The van der Waals surface area contributed by atoms with Gasteiger partial charge in [-0.3, -0.25) is 24.8 Å². The van der Waals surface area contributed by atoms with Crippen LogP contribution in [0.2, 0.25) is 5.02 Å². The van der Waals surface area contributed by atoms with Crippen molar-refractivity contribution in [1.29, 1.82) is 0 Å². The zero-order valence-electron chi connectivity index (χ0n) is 16.2. The summed E-state index contributed by atoms with van der Waals surface area (Å²) in [6.45, 7) is 3.88. The maximum Gasteiger partial charge on any atom is 0.270 e. The highest BCUT2D eigenvalue weighted by atomic mass is 35.5. The summed E-state index contributed by atoms with van der Waals surface area (Å²) in [6, 6.07) is 12.5. The maximum absolute atomic E-state index is 13.2. The summed E-state index contributed by atoms with van der Waals surface area (Å²) in [5.41, 5.74) is 3.99. The first kappa shape index (κ1) is 20.0. The van der Waals surface area contributed by atoms with Gasteiger partial charge in [-0.05, 0) is 74.1 Å². The number of hydrogen-bond acceptors (Lipinski definition) is 4. The summed E-state index contributed by atoms with van der Waals surface area (Å²) in [7, 11) is 0. The Morgan fingerprint density at radius 2 is 1.87 bits per heavy atom. The lowest BCUT2D eigenvalue weighted by Gasteiger charge is -2.29. The van der Waals surface area contributed by atoms with Crippen LogP contribution in [0.25, 0.3) is 11.8 Å². The number of amides is 2. The van der Waals surface area contributed by atoms with Gasteiger partial charge in [-0.25, -0.2) is 0 Å². The van der Waals surface area contributed by atoms with E-state index in [1.54, 1.807) is 42.7 Å². The molecule has 0 bridgehead atoms. The van der Waals surface area contributed by atoms with Crippen LogP contribution in [0.1, 0.15) is 17.0 Å². The molecule has 0 unspecified atom stereocenters. The largest absolute Gasteiger partial charge is 0.316 e. The van der Waals surface area contributed by atoms with E-state index < -0.39 is 11.8 Å². The van der Waals surface area contributed by atoms with Crippen LogP contribution in [-0.4, -0.2) is 26.5 Å². The van der Waals surface area contributed by atoms with Gasteiger partial charge in [0.05, 0.1) is 17.6 Å². The van der Waals surface area contributed by atoms with Crippen LogP contribution < -0.4 is 10.2 Å². The summed E-state index contributed by atoms with van der Waals surface area (Å²) < 4.78 is 2.02. The quantitative estimate of drug-likeness (QED) is 0.383. The van der Waals surface area contributed by atoms with Gasteiger partial charge in [0.15, 0.2) is 5.11 Å². The van der Waals surface area contributed by atoms with Gasteiger partial charge in [-0.15, -0.1) is 0 Å². The van der Waals surface area contributed by atoms with Crippen molar-refractivity contribution in [2.24, 2.45) is 0 Å². The molecule has 0 spiro atoms. The highest BCUT2D eigenvalue weighted by Crippen LogP contribution is 2.27. The molecule has 30 heavy (non-hydrogen) atoms. The number of aromatic nitrogens is 2. The lowest BCUT2D eigenvalue weighted by molar-refractivity contribution is -0.122. The third-order valence-corrected chi connectivity index (χ3v) is 5.36. The minimum absolute atomic E-state index is 0.00462. The van der Waals surface area contributed by atoms with E-state index in [2.05, 4.69) is 10.3 Å². The van der Waals surface area contributed by atoms with Gasteiger partial charge in [-0.1, -0.05) is 17.7 Å². The molecule has 0 aliphatic carbocycles. The van der Waals surface area contributed by atoms with Crippen molar-refractivity contribution in [3.63, 3.8) is 0 Å². The summed E-state index contributed by atoms with van der Waals surface area (Å²) in [4.78, 5) is 31.2. The van der Waals surface area contributed by atoms with Crippen molar-refractivity contribution in [3.8, 4) is 5.69 Å². The van der Waals surface area contributed by atoms with E-state index >= 15 is 0 Å². The minimum Gasteiger partial charge on any atom is -0.316 e. The van der Waals surface area contributed by atoms with E-state index in [4.69, 9.17) is 23.8 Å². The number of thiocarbonyl (C=S) groups is 1. The second kappa shape index (κ2) is 7.85. The predicted octanol–water partition coefficient (Wildman–Crippen LogP) is 3.97. The highest BCUT2D eigenvalue weighted by Gasteiger charge is 2.34. The van der Waals surface area contributed by atoms with Gasteiger partial charge in [0.2, 0.25) is 0 Å². The number of hydrogen-bond donors (Lipinski definition) is 1. The van der Waals surface area contributed by atoms with Crippen LogP contribution in [0.3, 0.4) is 0 Å². The van der Waals surface area contributed by atoms with Crippen molar-refractivity contribution in [1.82, 2.24) is 14.9 Å². The number of nitrogens with one attached hydrogen (secondary N) is 1. The molecule has 3 aromatic rings. The molecule has 3 heterocycles. The fourth-order valence-corrected chi connectivity index (χ4v) is 3.95. The molecule has 0 radical (unpaired) electrons. The van der Waals surface area contributed by atoms with Gasteiger partial charge in [0, 0.05) is 22.6 Å². The Morgan fingerprint density at radius 1 is 1.10 bits per heavy atom. The number of carbonyl (C=O) groups excluding carboxylic acids is 2. The Morgan fingerprint density at radius 3 is 2.57 bits per heavy atom. The Balaban J connectivity index is 1.77. The predicted molar refractivity (Wildman–Crippen MR) is 121 cm³/mol. The standard InChI is InChI=1S/C22H17ClN4O2S/c1-13-9-15(14(2)26(13)18-7-4-8-24-12-18)10-19-20(28)25-22(30)27(21(19)29)17-6-3-5-16(23)11-17/h3-12H,1-2H3,(H,25,28,30)/b19-10+. The topological polar surface area (TPSA) is 67.2 Å². The number of benzene rings is 1. The number of nitrogens with zero attached hydrogens (tertiary/aromatic N) is 3. The van der Waals surface area contributed by atoms with E-state index in [1.807, 2.05) is 36.6 Å². The van der Waals surface area contributed by atoms with E-state index in [0.717, 1.165) is 22.6 Å². The van der Waals surface area contributed by atoms with E-state index in [-0.39, 0.29) is 10.7 Å². The molecule has 8 heteroatoms. The molecule has 1 saturated heterocycles. The molecule has 1 fully saturated rings. The summed E-state index contributed by atoms with van der Waals surface area (Å²) in [5, 5.41) is 3.07. The highest BCUT2D eigenvalue weighted by molar-refractivity contribution is 7.80. The fraction of sp³-hybridized carbons (Fsp3) is 0.0909. The van der Waals surface area contributed by atoms with Gasteiger partial charge in [0.1, 0.15) is 5.57 Å². The lowest BCUT2D eigenvalue weighted by atomic mass is 10.1. The zero-order valence-corrected chi connectivity index (χ0v) is 17.8. The molecule has 2 amide bonds. The first-order valence-corrected chi connectivity index (χ1v) is 9.92. The molecule has 150 valence electrons.